The van der Waals surface area contributed by atoms with E-state index in [-0.39, 0.29) is 4.91 Å². The third-order valence-electron chi connectivity index (χ3n) is 2.81. The lowest BCUT2D eigenvalue weighted by atomic mass is 10.2. The first-order chi connectivity index (χ1) is 11.6. The number of carbonyl (C=O) groups is 2. The molecule has 6 nitrogen and oxygen atoms in total. The van der Waals surface area contributed by atoms with Crippen LogP contribution >= 0.6 is 23.5 Å². The monoisotopic (exact) mass is 363 g/mol. The van der Waals surface area contributed by atoms with Crippen LogP contribution in [-0.4, -0.2) is 36.1 Å². The molecule has 0 spiro atoms. The van der Waals surface area contributed by atoms with Crippen molar-refractivity contribution >= 4 is 46.8 Å². The number of amidine groups is 1. The number of nitrogens with zero attached hydrogens (tertiary/aromatic N) is 2. The van der Waals surface area contributed by atoms with E-state index in [1.807, 2.05) is 36.0 Å². The average Bonchev–Trinajstić information content (AvgIpc) is 2.93. The quantitative estimate of drug-likeness (QED) is 0.276. The van der Waals surface area contributed by atoms with Crippen molar-refractivity contribution in [2.75, 3.05) is 12.9 Å². The van der Waals surface area contributed by atoms with E-state index in [4.69, 9.17) is 0 Å². The summed E-state index contributed by atoms with van der Waals surface area (Å²) in [5, 5.41) is 10.8. The number of hydrogen-bond acceptors (Lipinski definition) is 7. The van der Waals surface area contributed by atoms with E-state index in [0.29, 0.717) is 5.17 Å². The van der Waals surface area contributed by atoms with E-state index in [2.05, 4.69) is 27.2 Å². The van der Waals surface area contributed by atoms with Gasteiger partial charge in [0.1, 0.15) is 0 Å². The predicted molar refractivity (Wildman–Crippen MR) is 98.3 cm³/mol. The number of esters is 1. The van der Waals surface area contributed by atoms with Crippen molar-refractivity contribution in [2.45, 2.75) is 18.2 Å². The standard InChI is InChI=1S/C16H17N3O3S2/c1-3-8-23-12-6-4-11(5-7-12)10-17-19-16-18-15(21)13(24-16)9-14(20)22-2/h4-7,9-10H,3,8H2,1-2H3,(H,18,19,21)/b13-9+,17-10?. The van der Waals surface area contributed by atoms with Crippen LogP contribution < -0.4 is 5.32 Å². The van der Waals surface area contributed by atoms with Crippen LogP contribution in [0.4, 0.5) is 0 Å². The van der Waals surface area contributed by atoms with Crippen LogP contribution in [0.5, 0.6) is 0 Å². The summed E-state index contributed by atoms with van der Waals surface area (Å²) >= 11 is 2.86. The fourth-order valence-corrected chi connectivity index (χ4v) is 3.17. The molecule has 1 aliphatic heterocycles. The van der Waals surface area contributed by atoms with Crippen LogP contribution in [0.3, 0.4) is 0 Å². The lowest BCUT2D eigenvalue weighted by Crippen LogP contribution is -2.19. The highest BCUT2D eigenvalue weighted by molar-refractivity contribution is 8.18. The third kappa shape index (κ3) is 5.54. The molecule has 1 aromatic rings. The van der Waals surface area contributed by atoms with Gasteiger partial charge in [-0.1, -0.05) is 19.1 Å². The van der Waals surface area contributed by atoms with Crippen LogP contribution in [-0.2, 0) is 14.3 Å². The first kappa shape index (κ1) is 18.3. The first-order valence-electron chi connectivity index (χ1n) is 7.25. The molecule has 1 heterocycles. The van der Waals surface area contributed by atoms with Crippen molar-refractivity contribution in [1.82, 2.24) is 5.32 Å². The van der Waals surface area contributed by atoms with Gasteiger partial charge in [-0.05, 0) is 41.6 Å². The maximum Gasteiger partial charge on any atom is 0.331 e. The number of thioether (sulfide) groups is 2. The Labute approximate surface area is 148 Å². The van der Waals surface area contributed by atoms with Gasteiger partial charge in [-0.25, -0.2) is 4.79 Å². The first-order valence-corrected chi connectivity index (χ1v) is 9.05. The number of benzene rings is 1. The molecule has 0 aromatic heterocycles. The van der Waals surface area contributed by atoms with Gasteiger partial charge in [0.2, 0.25) is 0 Å². The Morgan fingerprint density at radius 3 is 2.79 bits per heavy atom. The fraction of sp³-hybridized carbons (Fsp3) is 0.250. The lowest BCUT2D eigenvalue weighted by Gasteiger charge is -1.99. The highest BCUT2D eigenvalue weighted by Crippen LogP contribution is 2.23. The molecule has 0 unspecified atom stereocenters. The van der Waals surface area contributed by atoms with Crippen LogP contribution in [0.25, 0.3) is 0 Å². The van der Waals surface area contributed by atoms with Crippen molar-refractivity contribution in [2.24, 2.45) is 10.2 Å². The van der Waals surface area contributed by atoms with Gasteiger partial charge in [0, 0.05) is 11.0 Å². The zero-order valence-corrected chi connectivity index (χ0v) is 14.9. The number of hydrogen-bond donors (Lipinski definition) is 1. The van der Waals surface area contributed by atoms with Gasteiger partial charge in [-0.3, -0.25) is 10.1 Å². The van der Waals surface area contributed by atoms with Crippen LogP contribution in [0.2, 0.25) is 0 Å². The molecule has 0 aliphatic carbocycles. The molecule has 8 heteroatoms. The van der Waals surface area contributed by atoms with Gasteiger partial charge in [0.25, 0.3) is 5.91 Å². The molecule has 1 aliphatic rings. The number of rotatable bonds is 6. The largest absolute Gasteiger partial charge is 0.466 e. The van der Waals surface area contributed by atoms with Gasteiger partial charge in [-0.2, -0.15) is 5.10 Å². The van der Waals surface area contributed by atoms with Gasteiger partial charge in [-0.15, -0.1) is 16.9 Å². The Kier molecular flexibility index (Phi) is 7.07. The summed E-state index contributed by atoms with van der Waals surface area (Å²) in [6, 6.07) is 8.01. The molecule has 0 saturated carbocycles. The number of carbonyl (C=O) groups excluding carboxylic acids is 2. The van der Waals surface area contributed by atoms with Crippen molar-refractivity contribution in [3.8, 4) is 0 Å². The summed E-state index contributed by atoms with van der Waals surface area (Å²) in [6.07, 6.45) is 3.87. The third-order valence-corrected chi connectivity index (χ3v) is 4.93. The van der Waals surface area contributed by atoms with Gasteiger partial charge in [0.05, 0.1) is 18.2 Å². The summed E-state index contributed by atoms with van der Waals surface area (Å²) in [6.45, 7) is 2.15. The Bertz CT molecular complexity index is 697. The van der Waals surface area contributed by atoms with Crippen molar-refractivity contribution < 1.29 is 14.3 Å². The Morgan fingerprint density at radius 1 is 1.38 bits per heavy atom. The van der Waals surface area contributed by atoms with Crippen molar-refractivity contribution in [3.63, 3.8) is 0 Å². The molecule has 0 atom stereocenters. The number of amides is 1. The molecule has 24 heavy (non-hydrogen) atoms. The second-order valence-electron chi connectivity index (χ2n) is 4.66. The number of nitrogens with one attached hydrogen (secondary N) is 1. The highest BCUT2D eigenvalue weighted by Gasteiger charge is 2.24. The maximum absolute atomic E-state index is 11.6. The van der Waals surface area contributed by atoms with Crippen molar-refractivity contribution in [3.05, 3.63) is 40.8 Å². The van der Waals surface area contributed by atoms with Crippen molar-refractivity contribution in [1.29, 1.82) is 0 Å². The summed E-state index contributed by atoms with van der Waals surface area (Å²) in [5.74, 6) is 0.120. The second-order valence-corrected chi connectivity index (χ2v) is 6.85. The fourth-order valence-electron chi connectivity index (χ4n) is 1.66. The molecular formula is C16H17N3O3S2. The maximum atomic E-state index is 11.6. The van der Waals surface area contributed by atoms with Crippen LogP contribution in [0.1, 0.15) is 18.9 Å². The molecule has 126 valence electrons. The molecule has 1 fully saturated rings. The normalized spacial score (nSPS) is 17.7. The Morgan fingerprint density at radius 2 is 2.12 bits per heavy atom. The predicted octanol–water partition coefficient (Wildman–Crippen LogP) is 2.80. The Balaban J connectivity index is 1.95. The van der Waals surface area contributed by atoms with E-state index < -0.39 is 11.9 Å². The zero-order valence-electron chi connectivity index (χ0n) is 13.3. The molecule has 0 bridgehead atoms. The summed E-state index contributed by atoms with van der Waals surface area (Å²) in [7, 11) is 1.25. The van der Waals surface area contributed by atoms with E-state index in [0.717, 1.165) is 35.6 Å². The lowest BCUT2D eigenvalue weighted by molar-refractivity contribution is -0.135. The van der Waals surface area contributed by atoms with Gasteiger partial charge in [0.15, 0.2) is 5.17 Å². The average molecular weight is 363 g/mol. The number of ether oxygens (including phenoxy) is 1. The van der Waals surface area contributed by atoms with E-state index in [1.54, 1.807) is 6.21 Å². The summed E-state index contributed by atoms with van der Waals surface area (Å²) in [5.41, 5.74) is 0.917. The van der Waals surface area contributed by atoms with Gasteiger partial charge >= 0.3 is 5.97 Å². The minimum atomic E-state index is -0.585. The SMILES string of the molecule is CCCSc1ccc(C=N/N=C2/NC(=O)/C(=C\C(=O)OC)S2)cc1. The van der Waals surface area contributed by atoms with E-state index >= 15 is 0 Å². The smallest absolute Gasteiger partial charge is 0.331 e. The van der Waals surface area contributed by atoms with Gasteiger partial charge < -0.3 is 4.74 Å². The summed E-state index contributed by atoms with van der Waals surface area (Å²) in [4.78, 5) is 24.2. The molecular weight excluding hydrogens is 346 g/mol. The zero-order chi connectivity index (χ0) is 17.4. The van der Waals surface area contributed by atoms with E-state index in [1.165, 1.54) is 12.0 Å². The molecule has 1 N–H and O–H groups in total. The number of methoxy groups -OCH3 is 1. The Hall–Kier alpha value is -2.06. The second kappa shape index (κ2) is 9.29. The molecule has 2 rings (SSSR count). The topological polar surface area (TPSA) is 80.1 Å². The molecule has 1 aromatic carbocycles. The minimum absolute atomic E-state index is 0.230. The molecule has 1 amide bonds. The summed E-state index contributed by atoms with van der Waals surface area (Å²) < 4.78 is 4.49. The minimum Gasteiger partial charge on any atom is -0.466 e. The highest BCUT2D eigenvalue weighted by atomic mass is 32.2. The molecule has 0 radical (unpaired) electrons. The van der Waals surface area contributed by atoms with E-state index in [9.17, 15) is 9.59 Å². The molecule has 1 saturated heterocycles. The van der Waals surface area contributed by atoms with Crippen LogP contribution in [0, 0.1) is 0 Å². The van der Waals surface area contributed by atoms with Crippen LogP contribution in [0.15, 0.2) is 50.3 Å².